The molecule has 3 aromatic rings. The summed E-state index contributed by atoms with van der Waals surface area (Å²) in [7, 11) is 0. The lowest BCUT2D eigenvalue weighted by Gasteiger charge is -2.18. The van der Waals surface area contributed by atoms with Gasteiger partial charge >= 0.3 is 0 Å². The molecule has 6 heteroatoms. The molecule has 1 N–H and O–H groups in total. The van der Waals surface area contributed by atoms with Crippen LogP contribution in [0, 0.1) is 6.92 Å². The SMILES string of the molecule is Cc1ccc2sc(NC(=O)COc3cccc4c3OC(C)(C)C4)nc2c1. The van der Waals surface area contributed by atoms with Crippen LogP contribution in [-0.4, -0.2) is 23.1 Å². The average molecular weight is 368 g/mol. The number of rotatable bonds is 4. The van der Waals surface area contributed by atoms with Crippen LogP contribution in [0.15, 0.2) is 36.4 Å². The van der Waals surface area contributed by atoms with Gasteiger partial charge in [0, 0.05) is 12.0 Å². The Kier molecular flexibility index (Phi) is 4.07. The van der Waals surface area contributed by atoms with Crippen molar-refractivity contribution in [2.75, 3.05) is 11.9 Å². The van der Waals surface area contributed by atoms with Gasteiger partial charge in [-0.2, -0.15) is 0 Å². The van der Waals surface area contributed by atoms with E-state index in [1.807, 2.05) is 57.2 Å². The molecule has 1 aliphatic rings. The third kappa shape index (κ3) is 3.37. The number of aryl methyl sites for hydroxylation is 1. The number of para-hydroxylation sites is 1. The molecule has 1 aliphatic heterocycles. The van der Waals surface area contributed by atoms with Crippen molar-refractivity contribution in [3.8, 4) is 11.5 Å². The van der Waals surface area contributed by atoms with Crippen molar-refractivity contribution < 1.29 is 14.3 Å². The van der Waals surface area contributed by atoms with E-state index in [0.717, 1.165) is 33.5 Å². The van der Waals surface area contributed by atoms with Gasteiger partial charge in [-0.25, -0.2) is 4.98 Å². The lowest BCUT2D eigenvalue weighted by atomic mass is 10.0. The molecule has 2 aromatic carbocycles. The maximum Gasteiger partial charge on any atom is 0.264 e. The Balaban J connectivity index is 1.42. The molecule has 0 unspecified atom stereocenters. The largest absolute Gasteiger partial charge is 0.483 e. The lowest BCUT2D eigenvalue weighted by molar-refractivity contribution is -0.118. The Morgan fingerprint density at radius 3 is 3.04 bits per heavy atom. The zero-order valence-electron chi connectivity index (χ0n) is 15.0. The highest BCUT2D eigenvalue weighted by Crippen LogP contribution is 2.41. The summed E-state index contributed by atoms with van der Waals surface area (Å²) in [5.41, 5.74) is 2.89. The number of hydrogen-bond donors (Lipinski definition) is 1. The standard InChI is InChI=1S/C20H20N2O3S/c1-12-7-8-16-14(9-12)21-19(26-16)22-17(23)11-24-15-6-4-5-13-10-20(2,3)25-18(13)15/h4-9H,10-11H2,1-3H3,(H,21,22,23). The highest BCUT2D eigenvalue weighted by atomic mass is 32.1. The van der Waals surface area contributed by atoms with Crippen LogP contribution in [0.2, 0.25) is 0 Å². The fraction of sp³-hybridized carbons (Fsp3) is 0.300. The van der Waals surface area contributed by atoms with Crippen molar-refractivity contribution in [3.63, 3.8) is 0 Å². The van der Waals surface area contributed by atoms with Gasteiger partial charge in [-0.1, -0.05) is 29.5 Å². The average Bonchev–Trinajstić information content (AvgIpc) is 3.10. The van der Waals surface area contributed by atoms with Crippen LogP contribution in [0.4, 0.5) is 5.13 Å². The molecule has 0 aliphatic carbocycles. The second-order valence-corrected chi connectivity index (χ2v) is 8.14. The molecule has 0 bridgehead atoms. The zero-order valence-corrected chi connectivity index (χ0v) is 15.8. The molecule has 2 heterocycles. The van der Waals surface area contributed by atoms with Gasteiger partial charge in [0.15, 0.2) is 23.2 Å². The van der Waals surface area contributed by atoms with E-state index in [-0.39, 0.29) is 18.1 Å². The Labute approximate surface area is 156 Å². The van der Waals surface area contributed by atoms with Crippen LogP contribution in [-0.2, 0) is 11.2 Å². The molecule has 5 nitrogen and oxygen atoms in total. The minimum atomic E-state index is -0.247. The number of nitrogens with one attached hydrogen (secondary N) is 1. The molecule has 0 fully saturated rings. The van der Waals surface area contributed by atoms with Crippen molar-refractivity contribution in [2.24, 2.45) is 0 Å². The van der Waals surface area contributed by atoms with Crippen molar-refractivity contribution in [1.82, 2.24) is 4.98 Å². The number of ether oxygens (including phenoxy) is 2. The maximum atomic E-state index is 12.2. The van der Waals surface area contributed by atoms with Gasteiger partial charge < -0.3 is 9.47 Å². The van der Waals surface area contributed by atoms with Crippen LogP contribution >= 0.6 is 11.3 Å². The monoisotopic (exact) mass is 368 g/mol. The second-order valence-electron chi connectivity index (χ2n) is 7.11. The fourth-order valence-corrected chi connectivity index (χ4v) is 3.95. The first kappa shape index (κ1) is 16.8. The summed E-state index contributed by atoms with van der Waals surface area (Å²) in [5.74, 6) is 1.10. The number of hydrogen-bond acceptors (Lipinski definition) is 5. The number of fused-ring (bicyclic) bond motifs is 2. The Bertz CT molecular complexity index is 994. The summed E-state index contributed by atoms with van der Waals surface area (Å²) in [6, 6.07) is 11.8. The first-order valence-corrected chi connectivity index (χ1v) is 9.32. The predicted octanol–water partition coefficient (Wildman–Crippen LogP) is 4.34. The fourth-order valence-electron chi connectivity index (χ4n) is 3.09. The van der Waals surface area contributed by atoms with E-state index in [2.05, 4.69) is 10.3 Å². The number of nitrogens with zero attached hydrogens (tertiary/aromatic N) is 1. The number of benzene rings is 2. The number of carbonyl (C=O) groups is 1. The molecule has 0 spiro atoms. The van der Waals surface area contributed by atoms with Crippen LogP contribution in [0.25, 0.3) is 10.2 Å². The Morgan fingerprint density at radius 2 is 2.19 bits per heavy atom. The van der Waals surface area contributed by atoms with Gasteiger partial charge in [0.1, 0.15) is 5.60 Å². The van der Waals surface area contributed by atoms with E-state index < -0.39 is 0 Å². The van der Waals surface area contributed by atoms with Crippen LogP contribution in [0.5, 0.6) is 11.5 Å². The molecule has 0 atom stereocenters. The first-order chi connectivity index (χ1) is 12.4. The molecular formula is C20H20N2O3S. The number of anilines is 1. The van der Waals surface area contributed by atoms with Crippen LogP contribution < -0.4 is 14.8 Å². The van der Waals surface area contributed by atoms with Gasteiger partial charge in [0.05, 0.1) is 10.2 Å². The van der Waals surface area contributed by atoms with Crippen molar-refractivity contribution in [1.29, 1.82) is 0 Å². The highest BCUT2D eigenvalue weighted by Gasteiger charge is 2.32. The second kappa shape index (κ2) is 6.29. The molecule has 1 amide bonds. The quantitative estimate of drug-likeness (QED) is 0.744. The van der Waals surface area contributed by atoms with Crippen molar-refractivity contribution >= 4 is 32.6 Å². The summed E-state index contributed by atoms with van der Waals surface area (Å²) < 4.78 is 12.7. The Morgan fingerprint density at radius 1 is 1.35 bits per heavy atom. The summed E-state index contributed by atoms with van der Waals surface area (Å²) in [6.07, 6.45) is 0.830. The summed E-state index contributed by atoms with van der Waals surface area (Å²) in [4.78, 5) is 16.7. The smallest absolute Gasteiger partial charge is 0.264 e. The first-order valence-electron chi connectivity index (χ1n) is 8.50. The van der Waals surface area contributed by atoms with Crippen molar-refractivity contribution in [2.45, 2.75) is 32.8 Å². The molecule has 26 heavy (non-hydrogen) atoms. The van der Waals surface area contributed by atoms with E-state index in [4.69, 9.17) is 9.47 Å². The highest BCUT2D eigenvalue weighted by molar-refractivity contribution is 7.22. The normalized spacial score (nSPS) is 14.7. The van der Waals surface area contributed by atoms with E-state index in [0.29, 0.717) is 10.9 Å². The van der Waals surface area contributed by atoms with Gasteiger partial charge in [-0.3, -0.25) is 10.1 Å². The van der Waals surface area contributed by atoms with E-state index in [9.17, 15) is 4.79 Å². The molecule has 4 rings (SSSR count). The minimum Gasteiger partial charge on any atom is -0.483 e. The van der Waals surface area contributed by atoms with Gasteiger partial charge in [-0.05, 0) is 44.5 Å². The van der Waals surface area contributed by atoms with Gasteiger partial charge in [-0.15, -0.1) is 0 Å². The van der Waals surface area contributed by atoms with Gasteiger partial charge in [0.2, 0.25) is 0 Å². The summed E-state index contributed by atoms with van der Waals surface area (Å²) in [5, 5.41) is 3.39. The molecular weight excluding hydrogens is 348 g/mol. The van der Waals surface area contributed by atoms with Crippen molar-refractivity contribution in [3.05, 3.63) is 47.5 Å². The molecule has 0 saturated heterocycles. The topological polar surface area (TPSA) is 60.5 Å². The third-order valence-electron chi connectivity index (χ3n) is 4.20. The van der Waals surface area contributed by atoms with Crippen LogP contribution in [0.1, 0.15) is 25.0 Å². The van der Waals surface area contributed by atoms with Gasteiger partial charge in [0.25, 0.3) is 5.91 Å². The number of carbonyl (C=O) groups excluding carboxylic acids is 1. The summed E-state index contributed by atoms with van der Waals surface area (Å²) >= 11 is 1.45. The maximum absolute atomic E-state index is 12.2. The zero-order chi connectivity index (χ0) is 18.3. The van der Waals surface area contributed by atoms with E-state index in [1.54, 1.807) is 0 Å². The van der Waals surface area contributed by atoms with E-state index in [1.165, 1.54) is 11.3 Å². The van der Waals surface area contributed by atoms with E-state index >= 15 is 0 Å². The van der Waals surface area contributed by atoms with Crippen LogP contribution in [0.3, 0.4) is 0 Å². The molecule has 1 aromatic heterocycles. The number of thiazole rings is 1. The predicted molar refractivity (Wildman–Crippen MR) is 103 cm³/mol. The molecule has 134 valence electrons. The lowest BCUT2D eigenvalue weighted by Crippen LogP contribution is -2.25. The molecule has 0 saturated carbocycles. The minimum absolute atomic E-state index is 0.0881. The Hall–Kier alpha value is -2.60. The molecule has 0 radical (unpaired) electrons. The number of aromatic nitrogens is 1. The third-order valence-corrected chi connectivity index (χ3v) is 5.15. The summed E-state index contributed by atoms with van der Waals surface area (Å²) in [6.45, 7) is 6.01. The number of amides is 1.